The SMILES string of the molecule is C[C@@H]1OC[C@H](C/C=C\CCCC(=O)O)[C@H](C=NNC(N)=N[N+](=O)[O-])O1. The first-order valence-electron chi connectivity index (χ1n) is 7.80. The van der Waals surface area contributed by atoms with Gasteiger partial charge in [0.15, 0.2) is 11.3 Å². The number of unbranched alkanes of at least 4 members (excludes halogenated alkanes) is 1. The summed E-state index contributed by atoms with van der Waals surface area (Å²) >= 11 is 0. The second kappa shape index (κ2) is 11.1. The summed E-state index contributed by atoms with van der Waals surface area (Å²) in [7, 11) is 0. The third-order valence-electron chi connectivity index (χ3n) is 3.32. The summed E-state index contributed by atoms with van der Waals surface area (Å²) in [6, 6.07) is 0. The molecule has 1 aliphatic rings. The predicted molar refractivity (Wildman–Crippen MR) is 89.3 cm³/mol. The van der Waals surface area contributed by atoms with Gasteiger partial charge >= 0.3 is 5.97 Å². The van der Waals surface area contributed by atoms with Crippen LogP contribution in [-0.4, -0.2) is 47.3 Å². The van der Waals surface area contributed by atoms with Gasteiger partial charge in [-0.2, -0.15) is 5.10 Å². The van der Waals surface area contributed by atoms with Gasteiger partial charge in [0.05, 0.1) is 12.8 Å². The summed E-state index contributed by atoms with van der Waals surface area (Å²) < 4.78 is 11.1. The highest BCUT2D eigenvalue weighted by molar-refractivity contribution is 5.78. The Hall–Kier alpha value is -2.53. The van der Waals surface area contributed by atoms with Crippen LogP contribution in [0.25, 0.3) is 0 Å². The summed E-state index contributed by atoms with van der Waals surface area (Å²) in [4.78, 5) is 20.6. The van der Waals surface area contributed by atoms with E-state index in [1.165, 1.54) is 6.21 Å². The minimum absolute atomic E-state index is 0.00570. The van der Waals surface area contributed by atoms with Gasteiger partial charge in [-0.3, -0.25) is 4.79 Å². The third-order valence-corrected chi connectivity index (χ3v) is 3.32. The number of allylic oxidation sites excluding steroid dienone is 2. The fourth-order valence-corrected chi connectivity index (χ4v) is 2.13. The zero-order valence-electron chi connectivity index (χ0n) is 13.9. The standard InChI is InChI=1S/C14H23N5O6/c1-10-24-9-11(6-4-2-3-5-7-13(20)21)12(25-10)8-16-17-14(15)18-19(22)23/h2,4,8,10-12H,3,5-7,9H2,1H3,(H,20,21)(H3,15,17,18)/b4-2-,16-8?/t10-,11+,12+/m1/s1. The fourth-order valence-electron chi connectivity index (χ4n) is 2.13. The van der Waals surface area contributed by atoms with Gasteiger partial charge < -0.3 is 20.3 Å². The molecule has 0 aromatic rings. The molecule has 0 spiro atoms. The number of nitrogens with two attached hydrogens (primary N) is 1. The highest BCUT2D eigenvalue weighted by Gasteiger charge is 2.28. The maximum absolute atomic E-state index is 10.4. The van der Waals surface area contributed by atoms with Crippen LogP contribution in [0.1, 0.15) is 32.6 Å². The molecule has 1 aliphatic heterocycles. The van der Waals surface area contributed by atoms with Crippen LogP contribution in [0.4, 0.5) is 0 Å². The molecule has 0 radical (unpaired) electrons. The van der Waals surface area contributed by atoms with Crippen LogP contribution < -0.4 is 11.2 Å². The maximum atomic E-state index is 10.4. The zero-order valence-corrected chi connectivity index (χ0v) is 13.9. The number of hydrogen-bond acceptors (Lipinski definition) is 6. The molecule has 0 aromatic carbocycles. The number of nitro groups is 1. The van der Waals surface area contributed by atoms with E-state index in [4.69, 9.17) is 20.3 Å². The van der Waals surface area contributed by atoms with Gasteiger partial charge in [-0.15, -0.1) is 0 Å². The van der Waals surface area contributed by atoms with E-state index in [2.05, 4.69) is 15.6 Å². The summed E-state index contributed by atoms with van der Waals surface area (Å²) in [6.45, 7) is 2.23. The van der Waals surface area contributed by atoms with Crippen molar-refractivity contribution in [3.8, 4) is 0 Å². The first kappa shape index (κ1) is 20.5. The lowest BCUT2D eigenvalue weighted by Gasteiger charge is -2.32. The van der Waals surface area contributed by atoms with Crippen LogP contribution >= 0.6 is 0 Å². The Morgan fingerprint density at radius 2 is 2.28 bits per heavy atom. The van der Waals surface area contributed by atoms with Crippen molar-refractivity contribution in [2.45, 2.75) is 45.0 Å². The number of nitrogens with zero attached hydrogens (tertiary/aromatic N) is 3. The van der Waals surface area contributed by atoms with Crippen molar-refractivity contribution < 1.29 is 24.4 Å². The van der Waals surface area contributed by atoms with Gasteiger partial charge in [-0.05, 0) is 26.2 Å². The minimum atomic E-state index is -0.928. The normalized spacial score (nSPS) is 24.7. The molecule has 4 N–H and O–H groups in total. The lowest BCUT2D eigenvalue weighted by molar-refractivity contribution is -0.485. The number of carboxylic acids is 1. The van der Waals surface area contributed by atoms with E-state index in [1.807, 2.05) is 12.2 Å². The topological polar surface area (TPSA) is 162 Å². The van der Waals surface area contributed by atoms with Crippen LogP contribution in [0, 0.1) is 16.0 Å². The molecule has 1 heterocycles. The number of nitrogens with one attached hydrogen (secondary N) is 1. The van der Waals surface area contributed by atoms with E-state index in [0.717, 1.165) is 0 Å². The number of aliphatic carboxylic acids is 1. The minimum Gasteiger partial charge on any atom is -0.481 e. The van der Waals surface area contributed by atoms with Crippen molar-refractivity contribution in [2.24, 2.45) is 21.9 Å². The Labute approximate surface area is 144 Å². The Balaban J connectivity index is 2.48. The zero-order chi connectivity index (χ0) is 18.7. The van der Waals surface area contributed by atoms with E-state index >= 15 is 0 Å². The van der Waals surface area contributed by atoms with Gasteiger partial charge in [0.1, 0.15) is 11.2 Å². The molecule has 3 atom stereocenters. The van der Waals surface area contributed by atoms with Gasteiger partial charge in [0, 0.05) is 12.3 Å². The summed E-state index contributed by atoms with van der Waals surface area (Å²) in [6.07, 6.45) is 6.67. The molecule has 0 aromatic heterocycles. The monoisotopic (exact) mass is 357 g/mol. The highest BCUT2D eigenvalue weighted by atomic mass is 16.7. The number of guanidine groups is 1. The molecule has 11 heteroatoms. The lowest BCUT2D eigenvalue weighted by Crippen LogP contribution is -2.40. The highest BCUT2D eigenvalue weighted by Crippen LogP contribution is 2.21. The second-order valence-electron chi connectivity index (χ2n) is 5.37. The van der Waals surface area contributed by atoms with Crippen molar-refractivity contribution in [3.63, 3.8) is 0 Å². The molecule has 0 aliphatic carbocycles. The summed E-state index contributed by atoms with van der Waals surface area (Å²) in [5.41, 5.74) is 7.52. The summed E-state index contributed by atoms with van der Waals surface area (Å²) in [5, 5.41) is 24.5. The quantitative estimate of drug-likeness (QED) is 0.135. The Morgan fingerprint density at radius 1 is 1.52 bits per heavy atom. The van der Waals surface area contributed by atoms with Crippen molar-refractivity contribution in [1.29, 1.82) is 0 Å². The molecule has 0 saturated carbocycles. The van der Waals surface area contributed by atoms with Crippen molar-refractivity contribution >= 4 is 18.1 Å². The van der Waals surface area contributed by atoms with E-state index in [1.54, 1.807) is 6.92 Å². The Morgan fingerprint density at radius 3 is 2.96 bits per heavy atom. The molecule has 140 valence electrons. The third kappa shape index (κ3) is 9.37. The first-order chi connectivity index (χ1) is 11.9. The summed E-state index contributed by atoms with van der Waals surface area (Å²) in [5.74, 6) is -1.23. The Kier molecular flexibility index (Phi) is 9.11. The smallest absolute Gasteiger partial charge is 0.303 e. The van der Waals surface area contributed by atoms with E-state index in [9.17, 15) is 14.9 Å². The number of carbonyl (C=O) groups is 1. The van der Waals surface area contributed by atoms with Crippen LogP contribution in [-0.2, 0) is 14.3 Å². The fraction of sp³-hybridized carbons (Fsp3) is 0.643. The van der Waals surface area contributed by atoms with Gasteiger partial charge in [-0.25, -0.2) is 15.5 Å². The largest absolute Gasteiger partial charge is 0.481 e. The maximum Gasteiger partial charge on any atom is 0.303 e. The number of hydrogen-bond donors (Lipinski definition) is 3. The van der Waals surface area contributed by atoms with E-state index in [0.29, 0.717) is 25.9 Å². The Bertz CT molecular complexity index is 536. The average Bonchev–Trinajstić information content (AvgIpc) is 2.51. The molecule has 0 amide bonds. The molecule has 0 bridgehead atoms. The predicted octanol–water partition coefficient (Wildman–Crippen LogP) is 0.647. The van der Waals surface area contributed by atoms with Crippen LogP contribution in [0.3, 0.4) is 0 Å². The van der Waals surface area contributed by atoms with Crippen molar-refractivity contribution in [1.82, 2.24) is 5.43 Å². The first-order valence-corrected chi connectivity index (χ1v) is 7.80. The molecule has 11 nitrogen and oxygen atoms in total. The number of rotatable bonds is 9. The molecular formula is C14H23N5O6. The van der Waals surface area contributed by atoms with Crippen molar-refractivity contribution in [2.75, 3.05) is 6.61 Å². The lowest BCUT2D eigenvalue weighted by atomic mass is 9.98. The number of carboxylic acid groups (broad SMARTS) is 1. The molecule has 1 saturated heterocycles. The van der Waals surface area contributed by atoms with Crippen LogP contribution in [0.2, 0.25) is 0 Å². The van der Waals surface area contributed by atoms with Gasteiger partial charge in [0.25, 0.3) is 5.96 Å². The number of hydrazone groups is 2. The molecule has 1 fully saturated rings. The molecule has 1 rings (SSSR count). The molecule has 25 heavy (non-hydrogen) atoms. The van der Waals surface area contributed by atoms with E-state index in [-0.39, 0.29) is 18.4 Å². The van der Waals surface area contributed by atoms with Gasteiger partial charge in [-0.1, -0.05) is 12.2 Å². The molecule has 0 unspecified atom stereocenters. The van der Waals surface area contributed by atoms with Crippen LogP contribution in [0.15, 0.2) is 22.4 Å². The number of ether oxygens (including phenoxy) is 2. The van der Waals surface area contributed by atoms with Crippen molar-refractivity contribution in [3.05, 3.63) is 22.3 Å². The molecular weight excluding hydrogens is 334 g/mol. The second-order valence-corrected chi connectivity index (χ2v) is 5.37. The van der Waals surface area contributed by atoms with E-state index < -0.39 is 23.3 Å². The average molecular weight is 357 g/mol. The van der Waals surface area contributed by atoms with Gasteiger partial charge in [0.2, 0.25) is 0 Å². The van der Waals surface area contributed by atoms with Crippen LogP contribution in [0.5, 0.6) is 0 Å².